The van der Waals surface area contributed by atoms with Crippen molar-refractivity contribution in [1.29, 1.82) is 0 Å². The van der Waals surface area contributed by atoms with Gasteiger partial charge in [-0.05, 0) is 17.5 Å². The van der Waals surface area contributed by atoms with E-state index in [1.165, 1.54) is 7.11 Å². The first kappa shape index (κ1) is 22.0. The Morgan fingerprint density at radius 1 is 1.03 bits per heavy atom. The predicted molar refractivity (Wildman–Crippen MR) is 111 cm³/mol. The summed E-state index contributed by atoms with van der Waals surface area (Å²) < 4.78 is 10.0. The highest BCUT2D eigenvalue weighted by Crippen LogP contribution is 2.21. The number of hydrogen-bond acceptors (Lipinski definition) is 6. The molecule has 8 nitrogen and oxygen atoms in total. The Morgan fingerprint density at radius 2 is 1.65 bits per heavy atom. The number of rotatable bonds is 7. The number of likely N-dealkylation sites (tertiary alicyclic amines) is 1. The molecule has 162 valence electrons. The topological polar surface area (TPSA) is 102 Å². The first-order valence-electron chi connectivity index (χ1n) is 9.94. The monoisotopic (exact) mass is 424 g/mol. The van der Waals surface area contributed by atoms with Crippen LogP contribution in [0.4, 0.5) is 4.79 Å². The lowest BCUT2D eigenvalue weighted by Gasteiger charge is -2.24. The molecule has 3 rings (SSSR count). The van der Waals surface area contributed by atoms with E-state index < -0.39 is 36.0 Å². The number of benzene rings is 2. The second-order valence-electron chi connectivity index (χ2n) is 7.13. The predicted octanol–water partition coefficient (Wildman–Crippen LogP) is 2.21. The Kier molecular flexibility index (Phi) is 7.37. The van der Waals surface area contributed by atoms with Gasteiger partial charge in [-0.3, -0.25) is 9.59 Å². The van der Waals surface area contributed by atoms with E-state index in [4.69, 9.17) is 9.47 Å². The van der Waals surface area contributed by atoms with Crippen molar-refractivity contribution < 1.29 is 28.7 Å². The van der Waals surface area contributed by atoms with Crippen molar-refractivity contribution in [3.8, 4) is 0 Å². The Balaban J connectivity index is 1.66. The number of nitrogens with zero attached hydrogens (tertiary/aromatic N) is 1. The zero-order chi connectivity index (χ0) is 22.2. The molecular weight excluding hydrogens is 400 g/mol. The van der Waals surface area contributed by atoms with Crippen molar-refractivity contribution in [2.24, 2.45) is 0 Å². The third-order valence-corrected chi connectivity index (χ3v) is 5.00. The van der Waals surface area contributed by atoms with Gasteiger partial charge in [0.2, 0.25) is 11.8 Å². The minimum Gasteiger partial charge on any atom is -0.467 e. The van der Waals surface area contributed by atoms with Gasteiger partial charge in [0.05, 0.1) is 7.11 Å². The van der Waals surface area contributed by atoms with Gasteiger partial charge in [-0.1, -0.05) is 60.7 Å². The molecule has 1 aliphatic heterocycles. The molecule has 2 aromatic carbocycles. The van der Waals surface area contributed by atoms with E-state index in [2.05, 4.69) is 5.32 Å². The molecule has 1 heterocycles. The molecule has 1 fully saturated rings. The number of amides is 3. The van der Waals surface area contributed by atoms with Crippen molar-refractivity contribution in [2.45, 2.75) is 38.0 Å². The van der Waals surface area contributed by atoms with Crippen LogP contribution in [0.25, 0.3) is 0 Å². The van der Waals surface area contributed by atoms with Crippen molar-refractivity contribution in [1.82, 2.24) is 10.2 Å². The molecule has 1 aliphatic rings. The minimum absolute atomic E-state index is 0.0173. The highest BCUT2D eigenvalue weighted by Gasteiger charge is 2.42. The molecule has 0 radical (unpaired) electrons. The van der Waals surface area contributed by atoms with E-state index >= 15 is 0 Å². The normalized spacial score (nSPS) is 16.5. The van der Waals surface area contributed by atoms with E-state index in [1.807, 2.05) is 36.4 Å². The number of esters is 1. The summed E-state index contributed by atoms with van der Waals surface area (Å²) >= 11 is 0. The van der Waals surface area contributed by atoms with Crippen LogP contribution in [0.1, 0.15) is 24.0 Å². The first-order valence-corrected chi connectivity index (χ1v) is 9.94. The number of imide groups is 1. The fourth-order valence-electron chi connectivity index (χ4n) is 3.40. The van der Waals surface area contributed by atoms with Crippen LogP contribution in [-0.4, -0.2) is 48.0 Å². The third kappa shape index (κ3) is 5.69. The van der Waals surface area contributed by atoms with Gasteiger partial charge in [0.15, 0.2) is 0 Å². The van der Waals surface area contributed by atoms with Crippen molar-refractivity contribution in [3.63, 3.8) is 0 Å². The molecule has 31 heavy (non-hydrogen) atoms. The summed E-state index contributed by atoms with van der Waals surface area (Å²) in [5.41, 5.74) is 1.59. The highest BCUT2D eigenvalue weighted by molar-refractivity contribution is 6.01. The summed E-state index contributed by atoms with van der Waals surface area (Å²) in [4.78, 5) is 50.7. The molecule has 0 unspecified atom stereocenters. The molecule has 3 amide bonds. The number of hydrogen-bond donors (Lipinski definition) is 1. The fourth-order valence-corrected chi connectivity index (χ4v) is 3.40. The Hall–Kier alpha value is -3.68. The van der Waals surface area contributed by atoms with Crippen molar-refractivity contribution >= 4 is 23.9 Å². The van der Waals surface area contributed by atoms with Gasteiger partial charge < -0.3 is 14.8 Å². The van der Waals surface area contributed by atoms with Gasteiger partial charge in [0, 0.05) is 12.8 Å². The molecule has 8 heteroatoms. The lowest BCUT2D eigenvalue weighted by molar-refractivity contribution is -0.145. The Morgan fingerprint density at radius 3 is 2.26 bits per heavy atom. The summed E-state index contributed by atoms with van der Waals surface area (Å²) in [6, 6.07) is 16.2. The van der Waals surface area contributed by atoms with Crippen LogP contribution in [0.5, 0.6) is 0 Å². The van der Waals surface area contributed by atoms with E-state index in [-0.39, 0.29) is 25.9 Å². The lowest BCUT2D eigenvalue weighted by Crippen LogP contribution is -2.52. The van der Waals surface area contributed by atoms with Gasteiger partial charge in [-0.15, -0.1) is 0 Å². The summed E-state index contributed by atoms with van der Waals surface area (Å²) in [7, 11) is 1.23. The quantitative estimate of drug-likeness (QED) is 0.684. The highest BCUT2D eigenvalue weighted by atomic mass is 16.6. The number of ether oxygens (including phenoxy) is 2. The average molecular weight is 424 g/mol. The molecule has 1 N–H and O–H groups in total. The van der Waals surface area contributed by atoms with Crippen LogP contribution in [-0.2, 0) is 36.9 Å². The largest absolute Gasteiger partial charge is 0.467 e. The van der Waals surface area contributed by atoms with Crippen LogP contribution in [0, 0.1) is 0 Å². The van der Waals surface area contributed by atoms with Gasteiger partial charge in [-0.25, -0.2) is 14.5 Å². The molecule has 0 bridgehead atoms. The number of carbonyl (C=O) groups is 4. The van der Waals surface area contributed by atoms with E-state index in [9.17, 15) is 19.2 Å². The Labute approximate surface area is 180 Å². The second kappa shape index (κ2) is 10.4. The van der Waals surface area contributed by atoms with Crippen LogP contribution >= 0.6 is 0 Å². The molecule has 2 atom stereocenters. The molecular formula is C23H24N2O6. The van der Waals surface area contributed by atoms with Crippen molar-refractivity contribution in [3.05, 3.63) is 71.8 Å². The molecule has 0 aromatic heterocycles. The molecule has 0 saturated carbocycles. The zero-order valence-electron chi connectivity index (χ0n) is 17.2. The van der Waals surface area contributed by atoms with Crippen LogP contribution in [0.2, 0.25) is 0 Å². The van der Waals surface area contributed by atoms with Gasteiger partial charge in [0.25, 0.3) is 0 Å². The maximum atomic E-state index is 12.9. The number of methoxy groups -OCH3 is 1. The fraction of sp³-hybridized carbons (Fsp3) is 0.304. The third-order valence-electron chi connectivity index (χ3n) is 5.00. The van der Waals surface area contributed by atoms with E-state index in [0.29, 0.717) is 0 Å². The van der Waals surface area contributed by atoms with Crippen LogP contribution in [0.15, 0.2) is 60.7 Å². The summed E-state index contributed by atoms with van der Waals surface area (Å²) in [5, 5.41) is 2.62. The summed E-state index contributed by atoms with van der Waals surface area (Å²) in [6.45, 7) is -0.0173. The van der Waals surface area contributed by atoms with Crippen molar-refractivity contribution in [2.75, 3.05) is 7.11 Å². The molecule has 2 aromatic rings. The number of carbonyl (C=O) groups excluding carboxylic acids is 4. The zero-order valence-corrected chi connectivity index (χ0v) is 17.2. The van der Waals surface area contributed by atoms with Gasteiger partial charge in [0.1, 0.15) is 18.7 Å². The summed E-state index contributed by atoms with van der Waals surface area (Å²) in [5.74, 6) is -1.70. The SMILES string of the molecule is COC(=O)[C@@H](Cc1ccccc1)NC(=O)[C@H]1CCC(=O)N1C(=O)OCc1ccccc1. The average Bonchev–Trinajstić information content (AvgIpc) is 3.19. The summed E-state index contributed by atoms with van der Waals surface area (Å²) in [6.07, 6.45) is -0.466. The minimum atomic E-state index is -1.04. The molecule has 0 spiro atoms. The molecule has 0 aliphatic carbocycles. The standard InChI is InChI=1S/C23H24N2O6/c1-30-22(28)18(14-16-8-4-2-5-9-16)24-21(27)19-12-13-20(26)25(19)23(29)31-15-17-10-6-3-7-11-17/h2-11,18-19H,12-15H2,1H3,(H,24,27)/t18-,19-/m1/s1. The van der Waals surface area contributed by atoms with Crippen LogP contribution < -0.4 is 5.32 Å². The smallest absolute Gasteiger partial charge is 0.417 e. The second-order valence-corrected chi connectivity index (χ2v) is 7.13. The lowest BCUT2D eigenvalue weighted by atomic mass is 10.1. The van der Waals surface area contributed by atoms with Crippen LogP contribution in [0.3, 0.4) is 0 Å². The van der Waals surface area contributed by atoms with Gasteiger partial charge in [-0.2, -0.15) is 0 Å². The number of nitrogens with one attached hydrogen (secondary N) is 1. The first-order chi connectivity index (χ1) is 15.0. The van der Waals surface area contributed by atoms with Gasteiger partial charge >= 0.3 is 12.1 Å². The van der Waals surface area contributed by atoms with E-state index in [1.54, 1.807) is 24.3 Å². The van der Waals surface area contributed by atoms with E-state index in [0.717, 1.165) is 16.0 Å². The Bertz CT molecular complexity index is 932. The maximum Gasteiger partial charge on any atom is 0.417 e. The maximum absolute atomic E-state index is 12.9. The molecule has 1 saturated heterocycles.